The third kappa shape index (κ3) is 3.44. The Morgan fingerprint density at radius 2 is 1.89 bits per heavy atom. The summed E-state index contributed by atoms with van der Waals surface area (Å²) in [6.45, 7) is 1.95. The van der Waals surface area contributed by atoms with E-state index < -0.39 is 6.10 Å². The summed E-state index contributed by atoms with van der Waals surface area (Å²) in [6, 6.07) is 10.2. The van der Waals surface area contributed by atoms with Gasteiger partial charge in [0.2, 0.25) is 0 Å². The maximum Gasteiger partial charge on any atom is 0.123 e. The van der Waals surface area contributed by atoms with E-state index in [9.17, 15) is 9.50 Å². The van der Waals surface area contributed by atoms with Gasteiger partial charge in [0.05, 0.1) is 6.10 Å². The molecule has 1 N–H and O–H groups in total. The van der Waals surface area contributed by atoms with Gasteiger partial charge in [-0.05, 0) is 47.9 Å². The van der Waals surface area contributed by atoms with Crippen molar-refractivity contribution in [1.29, 1.82) is 0 Å². The highest BCUT2D eigenvalue weighted by molar-refractivity contribution is 9.10. The standard InChI is InChI=1S/C15H13Br2FO/c1-9-12(3-2-4-13(9)16)15(19)8-10-7-11(18)5-6-14(10)17/h2-7,15,19H,8H2,1H3. The van der Waals surface area contributed by atoms with E-state index in [1.165, 1.54) is 12.1 Å². The van der Waals surface area contributed by atoms with Crippen molar-refractivity contribution in [2.45, 2.75) is 19.4 Å². The van der Waals surface area contributed by atoms with Crippen LogP contribution in [0.4, 0.5) is 4.39 Å². The molecule has 4 heteroatoms. The summed E-state index contributed by atoms with van der Waals surface area (Å²) in [4.78, 5) is 0. The Kier molecular flexibility index (Phi) is 4.76. The number of hydrogen-bond acceptors (Lipinski definition) is 1. The molecule has 2 aromatic carbocycles. The SMILES string of the molecule is Cc1c(Br)cccc1C(O)Cc1cc(F)ccc1Br. The molecule has 1 atom stereocenters. The lowest BCUT2D eigenvalue weighted by atomic mass is 9.98. The van der Waals surface area contributed by atoms with Crippen molar-refractivity contribution in [1.82, 2.24) is 0 Å². The molecule has 0 spiro atoms. The molecule has 0 amide bonds. The predicted molar refractivity (Wildman–Crippen MR) is 81.6 cm³/mol. The van der Waals surface area contributed by atoms with Crippen molar-refractivity contribution < 1.29 is 9.50 Å². The van der Waals surface area contributed by atoms with Gasteiger partial charge >= 0.3 is 0 Å². The van der Waals surface area contributed by atoms with Gasteiger partial charge in [-0.1, -0.05) is 44.0 Å². The lowest BCUT2D eigenvalue weighted by Crippen LogP contribution is -2.05. The van der Waals surface area contributed by atoms with Crippen molar-refractivity contribution in [2.24, 2.45) is 0 Å². The molecule has 0 saturated heterocycles. The molecule has 100 valence electrons. The molecule has 0 bridgehead atoms. The number of benzene rings is 2. The van der Waals surface area contributed by atoms with E-state index in [0.29, 0.717) is 6.42 Å². The van der Waals surface area contributed by atoms with Crippen LogP contribution in [0.3, 0.4) is 0 Å². The maximum atomic E-state index is 13.2. The predicted octanol–water partition coefficient (Wildman–Crippen LogP) is 4.94. The minimum atomic E-state index is -0.657. The van der Waals surface area contributed by atoms with Gasteiger partial charge in [-0.25, -0.2) is 4.39 Å². The summed E-state index contributed by atoms with van der Waals surface area (Å²) in [5.41, 5.74) is 2.61. The van der Waals surface area contributed by atoms with Gasteiger partial charge in [-0.3, -0.25) is 0 Å². The Morgan fingerprint density at radius 1 is 1.16 bits per heavy atom. The van der Waals surface area contributed by atoms with E-state index >= 15 is 0 Å². The first kappa shape index (κ1) is 14.7. The molecule has 0 fully saturated rings. The highest BCUT2D eigenvalue weighted by atomic mass is 79.9. The number of halogens is 3. The van der Waals surface area contributed by atoms with Crippen molar-refractivity contribution in [3.63, 3.8) is 0 Å². The molecule has 0 aromatic heterocycles. The third-order valence-corrected chi connectivity index (χ3v) is 4.72. The Labute approximate surface area is 128 Å². The number of aliphatic hydroxyl groups excluding tert-OH is 1. The van der Waals surface area contributed by atoms with Crippen molar-refractivity contribution in [2.75, 3.05) is 0 Å². The van der Waals surface area contributed by atoms with E-state index in [2.05, 4.69) is 31.9 Å². The van der Waals surface area contributed by atoms with E-state index in [1.807, 2.05) is 25.1 Å². The summed E-state index contributed by atoms with van der Waals surface area (Å²) >= 11 is 6.82. The van der Waals surface area contributed by atoms with Crippen LogP contribution in [0.5, 0.6) is 0 Å². The molecule has 19 heavy (non-hydrogen) atoms. The molecule has 0 aliphatic heterocycles. The van der Waals surface area contributed by atoms with Crippen molar-refractivity contribution in [3.8, 4) is 0 Å². The van der Waals surface area contributed by atoms with Gasteiger partial charge < -0.3 is 5.11 Å². The number of hydrogen-bond donors (Lipinski definition) is 1. The monoisotopic (exact) mass is 386 g/mol. The molecule has 0 aliphatic carbocycles. The zero-order valence-corrected chi connectivity index (χ0v) is 13.5. The van der Waals surface area contributed by atoms with Gasteiger partial charge in [0.1, 0.15) is 5.82 Å². The van der Waals surface area contributed by atoms with Crippen molar-refractivity contribution in [3.05, 3.63) is 67.9 Å². The van der Waals surface area contributed by atoms with Crippen LogP contribution in [0.15, 0.2) is 45.3 Å². The highest BCUT2D eigenvalue weighted by Gasteiger charge is 2.14. The molecule has 2 rings (SSSR count). The third-order valence-electron chi connectivity index (χ3n) is 3.09. The summed E-state index contributed by atoms with van der Waals surface area (Å²) < 4.78 is 15.0. The van der Waals surface area contributed by atoms with Gasteiger partial charge in [-0.15, -0.1) is 0 Å². The normalized spacial score (nSPS) is 12.5. The Balaban J connectivity index is 2.28. The zero-order chi connectivity index (χ0) is 14.0. The average molecular weight is 388 g/mol. The van der Waals surface area contributed by atoms with E-state index in [-0.39, 0.29) is 5.82 Å². The molecule has 0 radical (unpaired) electrons. The van der Waals surface area contributed by atoms with Gasteiger partial charge in [0.15, 0.2) is 0 Å². The summed E-state index contributed by atoms with van der Waals surface area (Å²) in [7, 11) is 0. The average Bonchev–Trinajstić information content (AvgIpc) is 2.37. The van der Waals surface area contributed by atoms with Gasteiger partial charge in [0, 0.05) is 15.4 Å². The molecular weight excluding hydrogens is 375 g/mol. The molecular formula is C15H13Br2FO. The van der Waals surface area contributed by atoms with Crippen LogP contribution in [-0.2, 0) is 6.42 Å². The minimum absolute atomic E-state index is 0.295. The smallest absolute Gasteiger partial charge is 0.123 e. The second kappa shape index (κ2) is 6.16. The Bertz CT molecular complexity index is 599. The topological polar surface area (TPSA) is 20.2 Å². The summed E-state index contributed by atoms with van der Waals surface area (Å²) in [5, 5.41) is 10.3. The quantitative estimate of drug-likeness (QED) is 0.791. The molecule has 0 aliphatic rings. The number of aliphatic hydroxyl groups is 1. The second-order valence-corrected chi connectivity index (χ2v) is 6.12. The lowest BCUT2D eigenvalue weighted by Gasteiger charge is -2.15. The fourth-order valence-corrected chi connectivity index (χ4v) is 2.79. The first-order valence-corrected chi connectivity index (χ1v) is 7.44. The fourth-order valence-electron chi connectivity index (χ4n) is 2.00. The summed E-state index contributed by atoms with van der Waals surface area (Å²) in [5.74, 6) is -0.295. The van der Waals surface area contributed by atoms with E-state index in [0.717, 1.165) is 25.6 Å². The van der Waals surface area contributed by atoms with Crippen molar-refractivity contribution >= 4 is 31.9 Å². The molecule has 2 aromatic rings. The first-order valence-electron chi connectivity index (χ1n) is 5.86. The molecule has 0 saturated carbocycles. The molecule has 1 nitrogen and oxygen atoms in total. The van der Waals surface area contributed by atoms with Gasteiger partial charge in [-0.2, -0.15) is 0 Å². The first-order chi connectivity index (χ1) is 8.99. The maximum absolute atomic E-state index is 13.2. The fraction of sp³-hybridized carbons (Fsp3) is 0.200. The Hall–Kier alpha value is -0.710. The van der Waals surface area contributed by atoms with Crippen LogP contribution in [0.25, 0.3) is 0 Å². The van der Waals surface area contributed by atoms with E-state index in [4.69, 9.17) is 0 Å². The van der Waals surface area contributed by atoms with Crippen LogP contribution in [0.1, 0.15) is 22.8 Å². The number of rotatable bonds is 3. The highest BCUT2D eigenvalue weighted by Crippen LogP contribution is 2.29. The zero-order valence-electron chi connectivity index (χ0n) is 10.3. The second-order valence-electron chi connectivity index (χ2n) is 4.41. The summed E-state index contributed by atoms with van der Waals surface area (Å²) in [6.07, 6.45) is -0.286. The Morgan fingerprint density at radius 3 is 2.63 bits per heavy atom. The van der Waals surface area contributed by atoms with Gasteiger partial charge in [0.25, 0.3) is 0 Å². The molecule has 0 heterocycles. The van der Waals surface area contributed by atoms with Crippen LogP contribution in [-0.4, -0.2) is 5.11 Å². The minimum Gasteiger partial charge on any atom is -0.388 e. The van der Waals surface area contributed by atoms with Crippen LogP contribution in [0, 0.1) is 12.7 Å². The van der Waals surface area contributed by atoms with Crippen LogP contribution >= 0.6 is 31.9 Å². The van der Waals surface area contributed by atoms with Crippen LogP contribution in [0.2, 0.25) is 0 Å². The largest absolute Gasteiger partial charge is 0.388 e. The lowest BCUT2D eigenvalue weighted by molar-refractivity contribution is 0.177. The molecule has 1 unspecified atom stereocenters. The van der Waals surface area contributed by atoms with E-state index in [1.54, 1.807) is 6.07 Å². The van der Waals surface area contributed by atoms with Crippen LogP contribution < -0.4 is 0 Å².